The predicted molar refractivity (Wildman–Crippen MR) is 74.6 cm³/mol. The minimum absolute atomic E-state index is 0.0156. The van der Waals surface area contributed by atoms with Gasteiger partial charge in [0.2, 0.25) is 0 Å². The molecule has 0 bridgehead atoms. The third-order valence-electron chi connectivity index (χ3n) is 2.59. The van der Waals surface area contributed by atoms with E-state index in [-0.39, 0.29) is 10.7 Å². The van der Waals surface area contributed by atoms with Gasteiger partial charge in [-0.3, -0.25) is 20.2 Å². The fourth-order valence-corrected chi connectivity index (χ4v) is 1.79. The summed E-state index contributed by atoms with van der Waals surface area (Å²) >= 11 is 4.69. The molecule has 0 unspecified atom stereocenters. The summed E-state index contributed by atoms with van der Waals surface area (Å²) < 4.78 is 4.58. The van der Waals surface area contributed by atoms with Crippen LogP contribution in [-0.4, -0.2) is 30.0 Å². The van der Waals surface area contributed by atoms with E-state index in [1.54, 1.807) is 24.3 Å². The zero-order valence-electron chi connectivity index (χ0n) is 10.4. The number of carbonyl (C=O) groups excluding carboxylic acids is 3. The maximum atomic E-state index is 11.6. The topological polar surface area (TPSA) is 84.5 Å². The van der Waals surface area contributed by atoms with Crippen molar-refractivity contribution in [2.24, 2.45) is 0 Å². The summed E-state index contributed by atoms with van der Waals surface area (Å²) in [5.41, 5.74) is 0.934. The summed E-state index contributed by atoms with van der Waals surface area (Å²) in [6.45, 7) is 0. The largest absolute Gasteiger partial charge is 0.465 e. The molecule has 0 atom stereocenters. The van der Waals surface area contributed by atoms with Gasteiger partial charge in [0.25, 0.3) is 11.8 Å². The number of hydrogen-bond acceptors (Lipinski definition) is 5. The van der Waals surface area contributed by atoms with Crippen molar-refractivity contribution in [1.29, 1.82) is 0 Å². The summed E-state index contributed by atoms with van der Waals surface area (Å²) in [7, 11) is 1.29. The monoisotopic (exact) mass is 290 g/mol. The van der Waals surface area contributed by atoms with E-state index in [9.17, 15) is 14.4 Å². The summed E-state index contributed by atoms with van der Waals surface area (Å²) in [6.07, 6.45) is 1.41. The van der Waals surface area contributed by atoms with Crippen molar-refractivity contribution in [1.82, 2.24) is 10.6 Å². The Morgan fingerprint density at radius 2 is 1.70 bits per heavy atom. The van der Waals surface area contributed by atoms with Gasteiger partial charge in [-0.15, -0.1) is 0 Å². The molecule has 0 aromatic heterocycles. The summed E-state index contributed by atoms with van der Waals surface area (Å²) in [6, 6.07) is 6.29. The van der Waals surface area contributed by atoms with Crippen molar-refractivity contribution < 1.29 is 19.1 Å². The molecule has 2 rings (SSSR count). The molecule has 0 radical (unpaired) electrons. The second-order valence-electron chi connectivity index (χ2n) is 3.91. The Balaban J connectivity index is 2.26. The van der Waals surface area contributed by atoms with Gasteiger partial charge in [-0.25, -0.2) is 4.79 Å². The molecule has 0 aliphatic carbocycles. The highest BCUT2D eigenvalue weighted by molar-refractivity contribution is 7.80. The van der Waals surface area contributed by atoms with Crippen LogP contribution in [0.15, 0.2) is 29.8 Å². The molecule has 1 heterocycles. The normalized spacial score (nSPS) is 14.4. The number of nitrogens with one attached hydrogen (secondary N) is 2. The summed E-state index contributed by atoms with van der Waals surface area (Å²) in [5.74, 6) is -1.57. The highest BCUT2D eigenvalue weighted by Crippen LogP contribution is 2.11. The van der Waals surface area contributed by atoms with Crippen LogP contribution in [0.1, 0.15) is 15.9 Å². The number of esters is 1. The lowest BCUT2D eigenvalue weighted by atomic mass is 10.1. The van der Waals surface area contributed by atoms with Crippen LogP contribution in [0.2, 0.25) is 0 Å². The molecule has 2 N–H and O–H groups in total. The van der Waals surface area contributed by atoms with Crippen LogP contribution in [0, 0.1) is 0 Å². The minimum atomic E-state index is -0.559. The van der Waals surface area contributed by atoms with E-state index >= 15 is 0 Å². The van der Waals surface area contributed by atoms with Crippen LogP contribution in [0.3, 0.4) is 0 Å². The number of thiocarbonyl (C=S) groups is 1. The number of carbonyl (C=O) groups is 3. The molecule has 20 heavy (non-hydrogen) atoms. The summed E-state index contributed by atoms with van der Waals surface area (Å²) in [4.78, 5) is 34.6. The lowest BCUT2D eigenvalue weighted by molar-refractivity contribution is -0.123. The predicted octanol–water partition coefficient (Wildman–Crippen LogP) is 0.387. The molecule has 1 saturated heterocycles. The number of amides is 2. The first kappa shape index (κ1) is 13.9. The molecular formula is C13H10N2O4S. The van der Waals surface area contributed by atoms with E-state index in [1.165, 1.54) is 13.2 Å². The minimum Gasteiger partial charge on any atom is -0.465 e. The first-order chi connectivity index (χ1) is 9.51. The van der Waals surface area contributed by atoms with Crippen molar-refractivity contribution in [2.45, 2.75) is 0 Å². The van der Waals surface area contributed by atoms with Gasteiger partial charge in [0.05, 0.1) is 12.7 Å². The van der Waals surface area contributed by atoms with Gasteiger partial charge in [-0.1, -0.05) is 12.1 Å². The summed E-state index contributed by atoms with van der Waals surface area (Å²) in [5, 5.41) is 4.66. The van der Waals surface area contributed by atoms with Gasteiger partial charge in [-0.05, 0) is 36.0 Å². The zero-order chi connectivity index (χ0) is 14.7. The molecule has 1 aliphatic rings. The van der Waals surface area contributed by atoms with Crippen LogP contribution in [0.5, 0.6) is 0 Å². The second-order valence-corrected chi connectivity index (χ2v) is 4.32. The van der Waals surface area contributed by atoms with Crippen LogP contribution in [0.4, 0.5) is 0 Å². The number of benzene rings is 1. The highest BCUT2D eigenvalue weighted by atomic mass is 32.1. The Morgan fingerprint density at radius 3 is 2.20 bits per heavy atom. The molecular weight excluding hydrogens is 280 g/mol. The van der Waals surface area contributed by atoms with Crippen LogP contribution in [0.25, 0.3) is 6.08 Å². The molecule has 6 nitrogen and oxygen atoms in total. The van der Waals surface area contributed by atoms with E-state index in [0.717, 1.165) is 0 Å². The smallest absolute Gasteiger partial charge is 0.337 e. The molecule has 102 valence electrons. The number of rotatable bonds is 2. The van der Waals surface area contributed by atoms with Gasteiger partial charge in [0, 0.05) is 0 Å². The quantitative estimate of drug-likeness (QED) is 0.356. The third-order valence-corrected chi connectivity index (χ3v) is 2.79. The Hall–Kier alpha value is -2.54. The molecule has 1 aliphatic heterocycles. The fourth-order valence-electron chi connectivity index (χ4n) is 1.61. The Kier molecular flexibility index (Phi) is 3.90. The maximum Gasteiger partial charge on any atom is 0.337 e. The third kappa shape index (κ3) is 2.89. The number of methoxy groups -OCH3 is 1. The van der Waals surface area contributed by atoms with Gasteiger partial charge < -0.3 is 4.74 Å². The number of ether oxygens (including phenoxy) is 1. The first-order valence-electron chi connectivity index (χ1n) is 5.58. The standard InChI is InChI=1S/C13H10N2O4S/c1-19-12(18)8-4-2-7(3-5-8)6-9-10(16)14-13(20)15-11(9)17/h2-6H,1H3,(H2,14,15,16,17,20). The van der Waals surface area contributed by atoms with E-state index in [0.29, 0.717) is 11.1 Å². The van der Waals surface area contributed by atoms with Crippen molar-refractivity contribution in [3.05, 3.63) is 41.0 Å². The molecule has 0 spiro atoms. The van der Waals surface area contributed by atoms with Gasteiger partial charge in [0.1, 0.15) is 5.57 Å². The molecule has 1 aromatic carbocycles. The van der Waals surface area contributed by atoms with Gasteiger partial charge in [-0.2, -0.15) is 0 Å². The second kappa shape index (κ2) is 5.62. The Bertz CT molecular complexity index is 612. The van der Waals surface area contributed by atoms with E-state index in [4.69, 9.17) is 12.2 Å². The van der Waals surface area contributed by atoms with Crippen molar-refractivity contribution in [3.8, 4) is 0 Å². The van der Waals surface area contributed by atoms with E-state index in [2.05, 4.69) is 15.4 Å². The lowest BCUT2D eigenvalue weighted by Crippen LogP contribution is -2.51. The van der Waals surface area contributed by atoms with Crippen LogP contribution < -0.4 is 10.6 Å². The average Bonchev–Trinajstić information content (AvgIpc) is 2.42. The zero-order valence-corrected chi connectivity index (χ0v) is 11.2. The van der Waals surface area contributed by atoms with E-state index in [1.807, 2.05) is 0 Å². The number of hydrogen-bond donors (Lipinski definition) is 2. The Labute approximate surface area is 119 Å². The first-order valence-corrected chi connectivity index (χ1v) is 5.99. The molecule has 7 heteroatoms. The fraction of sp³-hybridized carbons (Fsp3) is 0.0769. The molecule has 2 amide bonds. The van der Waals surface area contributed by atoms with Crippen LogP contribution >= 0.6 is 12.2 Å². The van der Waals surface area contributed by atoms with Crippen molar-refractivity contribution in [2.75, 3.05) is 7.11 Å². The Morgan fingerprint density at radius 1 is 1.15 bits per heavy atom. The van der Waals surface area contributed by atoms with Crippen molar-refractivity contribution >= 4 is 41.2 Å². The average molecular weight is 290 g/mol. The lowest BCUT2D eigenvalue weighted by Gasteiger charge is -2.16. The SMILES string of the molecule is COC(=O)c1ccc(C=C2C(=O)NC(=S)NC2=O)cc1. The van der Waals surface area contributed by atoms with Gasteiger partial charge >= 0.3 is 5.97 Å². The van der Waals surface area contributed by atoms with Crippen molar-refractivity contribution in [3.63, 3.8) is 0 Å². The van der Waals surface area contributed by atoms with Crippen LogP contribution in [-0.2, 0) is 14.3 Å². The molecule has 1 aromatic rings. The molecule has 0 saturated carbocycles. The maximum absolute atomic E-state index is 11.6. The van der Waals surface area contributed by atoms with E-state index < -0.39 is 17.8 Å². The molecule has 1 fully saturated rings. The van der Waals surface area contributed by atoms with Gasteiger partial charge in [0.15, 0.2) is 5.11 Å². The highest BCUT2D eigenvalue weighted by Gasteiger charge is 2.25.